The van der Waals surface area contributed by atoms with Gasteiger partial charge in [-0.3, -0.25) is 4.99 Å². The van der Waals surface area contributed by atoms with Crippen LogP contribution in [0.15, 0.2) is 41.8 Å². The molecule has 0 bridgehead atoms. The summed E-state index contributed by atoms with van der Waals surface area (Å²) in [5.41, 5.74) is 3.15. The summed E-state index contributed by atoms with van der Waals surface area (Å²) in [7, 11) is 0. The lowest BCUT2D eigenvalue weighted by molar-refractivity contribution is 0.199. The van der Waals surface area contributed by atoms with Crippen LogP contribution in [0.2, 0.25) is 0 Å². The van der Waals surface area contributed by atoms with E-state index in [2.05, 4.69) is 20.3 Å². The maximum absolute atomic E-state index is 5.24. The summed E-state index contributed by atoms with van der Waals surface area (Å²) < 4.78 is 5.24. The maximum atomic E-state index is 5.24. The van der Waals surface area contributed by atoms with Gasteiger partial charge in [0, 0.05) is 24.6 Å². The quantitative estimate of drug-likeness (QED) is 0.323. The number of aromatic nitrogens is 2. The number of hydrogen-bond acceptors (Lipinski definition) is 4. The highest BCUT2D eigenvalue weighted by Gasteiger charge is 1.97. The van der Waals surface area contributed by atoms with Crippen LogP contribution >= 0.6 is 11.8 Å². The van der Waals surface area contributed by atoms with E-state index in [0.29, 0.717) is 0 Å². The molecule has 6 heteroatoms. The first-order chi connectivity index (χ1) is 10.4. The second-order valence-corrected chi connectivity index (χ2v) is 5.29. The first kappa shape index (κ1) is 15.6. The van der Waals surface area contributed by atoms with Gasteiger partial charge in [0.1, 0.15) is 0 Å². The van der Waals surface area contributed by atoms with E-state index in [9.17, 15) is 0 Å². The summed E-state index contributed by atoms with van der Waals surface area (Å²) in [5.74, 6) is 1.71. The number of benzene rings is 1. The van der Waals surface area contributed by atoms with E-state index in [0.717, 1.165) is 41.8 Å². The lowest BCUT2D eigenvalue weighted by Crippen LogP contribution is -1.97. The molecule has 1 aromatic carbocycles. The Kier molecular flexibility index (Phi) is 6.83. The fourth-order valence-electron chi connectivity index (χ4n) is 1.66. The number of thioether (sulfide) groups is 1. The van der Waals surface area contributed by atoms with Crippen molar-refractivity contribution in [1.29, 1.82) is 0 Å². The molecule has 0 aliphatic rings. The maximum Gasteiger partial charge on any atom is 0.0924 e. The molecule has 0 saturated heterocycles. The van der Waals surface area contributed by atoms with Crippen LogP contribution < -0.4 is 5.32 Å². The summed E-state index contributed by atoms with van der Waals surface area (Å²) >= 11 is 1.75. The van der Waals surface area contributed by atoms with Gasteiger partial charge in [0.15, 0.2) is 0 Å². The van der Waals surface area contributed by atoms with E-state index < -0.39 is 0 Å². The van der Waals surface area contributed by atoms with Gasteiger partial charge in [-0.2, -0.15) is 0 Å². The Balaban J connectivity index is 1.69. The van der Waals surface area contributed by atoms with Crippen LogP contribution in [0.5, 0.6) is 0 Å². The highest BCUT2D eigenvalue weighted by molar-refractivity contribution is 7.99. The number of rotatable bonds is 9. The van der Waals surface area contributed by atoms with Crippen LogP contribution in [0.4, 0.5) is 5.69 Å². The third-order valence-electron chi connectivity index (χ3n) is 2.75. The zero-order chi connectivity index (χ0) is 14.8. The first-order valence-corrected chi connectivity index (χ1v) is 8.04. The van der Waals surface area contributed by atoms with E-state index in [1.54, 1.807) is 24.4 Å². The number of H-pyrrole nitrogens is 1. The number of aromatic amines is 1. The Labute approximate surface area is 129 Å². The number of imidazole rings is 1. The summed E-state index contributed by atoms with van der Waals surface area (Å²) in [6, 6.07) is 8.13. The topological polar surface area (TPSA) is 62.3 Å². The van der Waals surface area contributed by atoms with Gasteiger partial charge in [0.05, 0.1) is 30.5 Å². The monoisotopic (exact) mass is 304 g/mol. The van der Waals surface area contributed by atoms with Crippen molar-refractivity contribution in [1.82, 2.24) is 9.97 Å². The third kappa shape index (κ3) is 5.61. The van der Waals surface area contributed by atoms with Crippen molar-refractivity contribution in [2.45, 2.75) is 6.92 Å². The summed E-state index contributed by atoms with van der Waals surface area (Å²) in [5, 5.41) is 3.16. The molecule has 2 aromatic rings. The van der Waals surface area contributed by atoms with Crippen molar-refractivity contribution < 1.29 is 4.74 Å². The van der Waals surface area contributed by atoms with Crippen molar-refractivity contribution in [3.05, 3.63) is 36.8 Å². The third-order valence-corrected chi connectivity index (χ3v) is 3.56. The molecular formula is C15H20N4OS. The molecule has 2 rings (SSSR count). The fraction of sp³-hybridized carbons (Fsp3) is 0.333. The second kappa shape index (κ2) is 9.20. The minimum Gasteiger partial charge on any atom is -0.371 e. The van der Waals surface area contributed by atoms with Crippen LogP contribution in [0.25, 0.3) is 11.3 Å². The van der Waals surface area contributed by atoms with Gasteiger partial charge in [-0.25, -0.2) is 4.98 Å². The fourth-order valence-corrected chi connectivity index (χ4v) is 2.30. The summed E-state index contributed by atoms with van der Waals surface area (Å²) in [6.45, 7) is 3.56. The standard InChI is InChI=1S/C15H20N4OS/c1-2-20-12-21-8-7-16-10-18-14-5-3-13(4-6-14)15-9-17-11-19-15/h3-6,9-11H,2,7-8,12H2,1H3,(H,16,18)(H,17,19). The molecule has 5 nitrogen and oxygen atoms in total. The van der Waals surface area contributed by atoms with E-state index in [1.165, 1.54) is 0 Å². The molecule has 0 spiro atoms. The number of nitrogens with one attached hydrogen (secondary N) is 2. The highest BCUT2D eigenvalue weighted by atomic mass is 32.2. The predicted molar refractivity (Wildman–Crippen MR) is 90.0 cm³/mol. The van der Waals surface area contributed by atoms with Crippen LogP contribution in [-0.2, 0) is 4.74 Å². The number of nitrogens with zero attached hydrogens (tertiary/aromatic N) is 2. The zero-order valence-electron chi connectivity index (χ0n) is 12.1. The van der Waals surface area contributed by atoms with Crippen LogP contribution in [0, 0.1) is 0 Å². The second-order valence-electron chi connectivity index (χ2n) is 4.24. The van der Waals surface area contributed by atoms with Gasteiger partial charge in [-0.15, -0.1) is 11.8 Å². The minimum absolute atomic E-state index is 0.745. The molecule has 0 radical (unpaired) electrons. The SMILES string of the molecule is CCOCSCCN=CNc1ccc(-c2cnc[nH]2)cc1. The number of hydrogen-bond donors (Lipinski definition) is 2. The van der Waals surface area contributed by atoms with Crippen molar-refractivity contribution in [2.75, 3.05) is 30.2 Å². The van der Waals surface area contributed by atoms with Gasteiger partial charge >= 0.3 is 0 Å². The molecule has 21 heavy (non-hydrogen) atoms. The van der Waals surface area contributed by atoms with Gasteiger partial charge in [0.2, 0.25) is 0 Å². The van der Waals surface area contributed by atoms with Gasteiger partial charge < -0.3 is 15.0 Å². The van der Waals surface area contributed by atoms with Gasteiger partial charge in [-0.05, 0) is 24.6 Å². The molecule has 0 unspecified atom stereocenters. The molecule has 0 amide bonds. The van der Waals surface area contributed by atoms with Crippen LogP contribution in [-0.4, -0.2) is 41.1 Å². The smallest absolute Gasteiger partial charge is 0.0924 e. The van der Waals surface area contributed by atoms with Gasteiger partial charge in [-0.1, -0.05) is 12.1 Å². The van der Waals surface area contributed by atoms with Gasteiger partial charge in [0.25, 0.3) is 0 Å². The van der Waals surface area contributed by atoms with Crippen LogP contribution in [0.3, 0.4) is 0 Å². The Morgan fingerprint density at radius 3 is 2.95 bits per heavy atom. The molecule has 2 N–H and O–H groups in total. The van der Waals surface area contributed by atoms with Crippen molar-refractivity contribution in [3.8, 4) is 11.3 Å². The summed E-state index contributed by atoms with van der Waals surface area (Å²) in [4.78, 5) is 11.4. The average molecular weight is 304 g/mol. The molecular weight excluding hydrogens is 284 g/mol. The number of anilines is 1. The van der Waals surface area contributed by atoms with E-state index in [1.807, 2.05) is 37.4 Å². The molecule has 0 fully saturated rings. The first-order valence-electron chi connectivity index (χ1n) is 6.89. The Morgan fingerprint density at radius 1 is 1.38 bits per heavy atom. The molecule has 1 aromatic heterocycles. The molecule has 0 aliphatic carbocycles. The Bertz CT molecular complexity index is 525. The molecule has 0 saturated carbocycles. The van der Waals surface area contributed by atoms with Crippen molar-refractivity contribution in [3.63, 3.8) is 0 Å². The number of aliphatic imine (C=N–C) groups is 1. The highest BCUT2D eigenvalue weighted by Crippen LogP contribution is 2.18. The van der Waals surface area contributed by atoms with Crippen LogP contribution in [0.1, 0.15) is 6.92 Å². The van der Waals surface area contributed by atoms with Crippen molar-refractivity contribution >= 4 is 23.8 Å². The molecule has 0 aliphatic heterocycles. The molecule has 0 atom stereocenters. The molecule has 1 heterocycles. The molecule has 112 valence electrons. The largest absolute Gasteiger partial charge is 0.371 e. The lowest BCUT2D eigenvalue weighted by atomic mass is 10.1. The van der Waals surface area contributed by atoms with E-state index >= 15 is 0 Å². The number of ether oxygens (including phenoxy) is 1. The van der Waals surface area contributed by atoms with E-state index in [-0.39, 0.29) is 0 Å². The normalized spacial score (nSPS) is 11.1. The predicted octanol–water partition coefficient (Wildman–Crippen LogP) is 3.24. The summed E-state index contributed by atoms with van der Waals surface area (Å²) in [6.07, 6.45) is 5.23. The lowest BCUT2D eigenvalue weighted by Gasteiger charge is -2.02. The minimum atomic E-state index is 0.745. The Hall–Kier alpha value is -1.79. The van der Waals surface area contributed by atoms with E-state index in [4.69, 9.17) is 4.74 Å². The average Bonchev–Trinajstić information content (AvgIpc) is 3.05. The Morgan fingerprint density at radius 2 is 2.24 bits per heavy atom. The van der Waals surface area contributed by atoms with Crippen molar-refractivity contribution in [2.24, 2.45) is 4.99 Å². The zero-order valence-corrected chi connectivity index (χ0v) is 12.9.